The zero-order valence-electron chi connectivity index (χ0n) is 11.8. The Hall–Kier alpha value is -1.11. The number of rotatable bonds is 9. The second-order valence-corrected chi connectivity index (χ2v) is 5.31. The van der Waals surface area contributed by atoms with Crippen LogP contribution in [0.2, 0.25) is 0 Å². The summed E-state index contributed by atoms with van der Waals surface area (Å²) in [6.07, 6.45) is 9.02. The maximum Gasteiger partial charge on any atom is 0.126 e. The smallest absolute Gasteiger partial charge is 0.126 e. The first-order valence-electron chi connectivity index (χ1n) is 7.26. The Bertz CT molecular complexity index is 331. The Kier molecular flexibility index (Phi) is 6.70. The van der Waals surface area contributed by atoms with E-state index in [0.29, 0.717) is 0 Å². The predicted octanol–water partition coefficient (Wildman–Crippen LogP) is 4.79. The average Bonchev–Trinajstić information content (AvgIpc) is 2.43. The molecule has 1 atom stereocenters. The minimum atomic E-state index is -0.144. The summed E-state index contributed by atoms with van der Waals surface area (Å²) in [4.78, 5) is 11.5. The van der Waals surface area contributed by atoms with Crippen LogP contribution in [0.15, 0.2) is 30.3 Å². The molecule has 1 aromatic carbocycles. The van der Waals surface area contributed by atoms with Gasteiger partial charge in [0, 0.05) is 5.41 Å². The third-order valence-corrected chi connectivity index (χ3v) is 3.88. The van der Waals surface area contributed by atoms with Gasteiger partial charge in [0.15, 0.2) is 0 Å². The van der Waals surface area contributed by atoms with Gasteiger partial charge in [0.1, 0.15) is 6.29 Å². The molecule has 0 heterocycles. The van der Waals surface area contributed by atoms with Gasteiger partial charge in [-0.2, -0.15) is 0 Å². The van der Waals surface area contributed by atoms with E-state index >= 15 is 0 Å². The fourth-order valence-electron chi connectivity index (χ4n) is 2.48. The molecule has 1 unspecified atom stereocenters. The van der Waals surface area contributed by atoms with Gasteiger partial charge in [0.25, 0.3) is 0 Å². The van der Waals surface area contributed by atoms with Crippen molar-refractivity contribution in [3.8, 4) is 0 Å². The first-order chi connectivity index (χ1) is 8.76. The van der Waals surface area contributed by atoms with Crippen LogP contribution in [0.4, 0.5) is 0 Å². The van der Waals surface area contributed by atoms with Crippen molar-refractivity contribution >= 4 is 6.29 Å². The van der Waals surface area contributed by atoms with Gasteiger partial charge in [0.2, 0.25) is 0 Å². The Labute approximate surface area is 112 Å². The summed E-state index contributed by atoms with van der Waals surface area (Å²) in [5, 5.41) is 0. The first kappa shape index (κ1) is 14.9. The number of carbonyl (C=O) groups excluding carboxylic acids is 1. The van der Waals surface area contributed by atoms with E-state index in [2.05, 4.69) is 38.1 Å². The lowest BCUT2D eigenvalue weighted by atomic mass is 9.76. The Morgan fingerprint density at radius 1 is 1.06 bits per heavy atom. The molecule has 1 heteroatoms. The number of hydrogen-bond acceptors (Lipinski definition) is 1. The molecule has 1 aromatic rings. The second-order valence-electron chi connectivity index (χ2n) is 5.31. The van der Waals surface area contributed by atoms with Crippen LogP contribution in [0.1, 0.15) is 57.9 Å². The Morgan fingerprint density at radius 3 is 2.33 bits per heavy atom. The van der Waals surface area contributed by atoms with Gasteiger partial charge in [-0.05, 0) is 24.8 Å². The molecule has 18 heavy (non-hydrogen) atoms. The van der Waals surface area contributed by atoms with E-state index < -0.39 is 0 Å². The zero-order valence-corrected chi connectivity index (χ0v) is 11.8. The molecule has 0 fully saturated rings. The highest BCUT2D eigenvalue weighted by Gasteiger charge is 2.27. The summed E-state index contributed by atoms with van der Waals surface area (Å²) in [7, 11) is 0. The third kappa shape index (κ3) is 4.64. The standard InChI is InChI=1S/C17H26O/c1-3-5-6-10-13-17(4-2,15-18)14-16-11-8-7-9-12-16/h7-9,11-12,15H,3-6,10,13-14H2,1-2H3. The van der Waals surface area contributed by atoms with Crippen molar-refractivity contribution in [2.75, 3.05) is 0 Å². The van der Waals surface area contributed by atoms with Gasteiger partial charge in [-0.3, -0.25) is 0 Å². The van der Waals surface area contributed by atoms with E-state index in [1.165, 1.54) is 37.5 Å². The molecular weight excluding hydrogens is 220 g/mol. The van der Waals surface area contributed by atoms with Crippen molar-refractivity contribution < 1.29 is 4.79 Å². The fourth-order valence-corrected chi connectivity index (χ4v) is 2.48. The van der Waals surface area contributed by atoms with E-state index in [-0.39, 0.29) is 5.41 Å². The minimum absolute atomic E-state index is 0.144. The molecule has 0 saturated heterocycles. The third-order valence-electron chi connectivity index (χ3n) is 3.88. The topological polar surface area (TPSA) is 17.1 Å². The van der Waals surface area contributed by atoms with Crippen LogP contribution in [-0.4, -0.2) is 6.29 Å². The first-order valence-corrected chi connectivity index (χ1v) is 7.26. The summed E-state index contributed by atoms with van der Waals surface area (Å²) in [6, 6.07) is 10.4. The van der Waals surface area contributed by atoms with Crippen molar-refractivity contribution in [3.63, 3.8) is 0 Å². The van der Waals surface area contributed by atoms with Gasteiger partial charge >= 0.3 is 0 Å². The van der Waals surface area contributed by atoms with Gasteiger partial charge in [-0.15, -0.1) is 0 Å². The van der Waals surface area contributed by atoms with Gasteiger partial charge in [0.05, 0.1) is 0 Å². The SMILES string of the molecule is CCCCCCC(C=O)(CC)Cc1ccccc1. The normalized spacial score (nSPS) is 14.1. The Balaban J connectivity index is 2.59. The minimum Gasteiger partial charge on any atom is -0.303 e. The summed E-state index contributed by atoms with van der Waals surface area (Å²) in [5.41, 5.74) is 1.14. The molecular formula is C17H26O. The maximum atomic E-state index is 11.5. The lowest BCUT2D eigenvalue weighted by Crippen LogP contribution is -2.24. The van der Waals surface area contributed by atoms with E-state index in [4.69, 9.17) is 0 Å². The van der Waals surface area contributed by atoms with Crippen LogP contribution in [-0.2, 0) is 11.2 Å². The Morgan fingerprint density at radius 2 is 1.78 bits per heavy atom. The molecule has 0 spiro atoms. The van der Waals surface area contributed by atoms with Crippen LogP contribution < -0.4 is 0 Å². The lowest BCUT2D eigenvalue weighted by molar-refractivity contribution is -0.116. The van der Waals surface area contributed by atoms with Crippen molar-refractivity contribution in [3.05, 3.63) is 35.9 Å². The summed E-state index contributed by atoms with van der Waals surface area (Å²) >= 11 is 0. The van der Waals surface area contributed by atoms with Crippen molar-refractivity contribution in [2.45, 2.75) is 58.8 Å². The van der Waals surface area contributed by atoms with Crippen LogP contribution in [0.3, 0.4) is 0 Å². The molecule has 0 aliphatic rings. The number of hydrogen-bond donors (Lipinski definition) is 0. The second kappa shape index (κ2) is 8.07. The van der Waals surface area contributed by atoms with Gasteiger partial charge in [-0.1, -0.05) is 69.9 Å². The molecule has 0 bridgehead atoms. The van der Waals surface area contributed by atoms with Crippen LogP contribution in [0.5, 0.6) is 0 Å². The predicted molar refractivity (Wildman–Crippen MR) is 77.7 cm³/mol. The highest BCUT2D eigenvalue weighted by atomic mass is 16.1. The largest absolute Gasteiger partial charge is 0.303 e. The lowest BCUT2D eigenvalue weighted by Gasteiger charge is -2.26. The average molecular weight is 246 g/mol. The molecule has 0 saturated carbocycles. The molecule has 0 amide bonds. The molecule has 0 aliphatic carbocycles. The van der Waals surface area contributed by atoms with Crippen molar-refractivity contribution in [1.29, 1.82) is 0 Å². The van der Waals surface area contributed by atoms with Crippen molar-refractivity contribution in [2.24, 2.45) is 5.41 Å². The fraction of sp³-hybridized carbons (Fsp3) is 0.588. The number of carbonyl (C=O) groups is 1. The van der Waals surface area contributed by atoms with E-state index in [1.54, 1.807) is 0 Å². The quantitative estimate of drug-likeness (QED) is 0.452. The van der Waals surface area contributed by atoms with Crippen molar-refractivity contribution in [1.82, 2.24) is 0 Å². The molecule has 0 aromatic heterocycles. The number of benzene rings is 1. The van der Waals surface area contributed by atoms with Crippen LogP contribution in [0, 0.1) is 5.41 Å². The maximum absolute atomic E-state index is 11.5. The van der Waals surface area contributed by atoms with E-state index in [9.17, 15) is 4.79 Å². The highest BCUT2D eigenvalue weighted by Crippen LogP contribution is 2.31. The number of aldehydes is 1. The van der Waals surface area contributed by atoms with Crippen LogP contribution >= 0.6 is 0 Å². The van der Waals surface area contributed by atoms with E-state index in [0.717, 1.165) is 19.3 Å². The summed E-state index contributed by atoms with van der Waals surface area (Å²) in [5.74, 6) is 0. The van der Waals surface area contributed by atoms with Crippen LogP contribution in [0.25, 0.3) is 0 Å². The van der Waals surface area contributed by atoms with E-state index in [1.807, 2.05) is 6.07 Å². The molecule has 1 nitrogen and oxygen atoms in total. The number of unbranched alkanes of at least 4 members (excludes halogenated alkanes) is 3. The van der Waals surface area contributed by atoms with Gasteiger partial charge in [-0.25, -0.2) is 0 Å². The molecule has 1 rings (SSSR count). The molecule has 0 radical (unpaired) electrons. The summed E-state index contributed by atoms with van der Waals surface area (Å²) in [6.45, 7) is 4.36. The molecule has 0 N–H and O–H groups in total. The molecule has 100 valence electrons. The van der Waals surface area contributed by atoms with Gasteiger partial charge < -0.3 is 4.79 Å². The summed E-state index contributed by atoms with van der Waals surface area (Å²) < 4.78 is 0. The highest BCUT2D eigenvalue weighted by molar-refractivity contribution is 5.60. The monoisotopic (exact) mass is 246 g/mol. The zero-order chi connectivity index (χ0) is 13.3. The molecule has 0 aliphatic heterocycles.